The summed E-state index contributed by atoms with van der Waals surface area (Å²) in [5, 5.41) is 12.2. The summed E-state index contributed by atoms with van der Waals surface area (Å²) in [6.45, 7) is 5.17. The highest BCUT2D eigenvalue weighted by molar-refractivity contribution is 7.15. The van der Waals surface area contributed by atoms with E-state index in [1.54, 1.807) is 12.3 Å². The zero-order chi connectivity index (χ0) is 20.4. The Morgan fingerprint density at radius 1 is 1.34 bits per heavy atom. The Morgan fingerprint density at radius 2 is 2.14 bits per heavy atom. The number of aromatic nitrogens is 3. The molecule has 29 heavy (non-hydrogen) atoms. The Labute approximate surface area is 172 Å². The van der Waals surface area contributed by atoms with Crippen molar-refractivity contribution in [1.29, 1.82) is 5.26 Å². The first kappa shape index (κ1) is 19.5. The molecular weight excluding hydrogens is 392 g/mol. The number of anilines is 1. The van der Waals surface area contributed by atoms with Gasteiger partial charge in [-0.15, -0.1) is 11.3 Å². The van der Waals surface area contributed by atoms with Crippen molar-refractivity contribution in [1.82, 2.24) is 19.9 Å². The number of carbonyl (C=O) groups excluding carboxylic acids is 1. The molecule has 1 aliphatic carbocycles. The highest BCUT2D eigenvalue weighted by Crippen LogP contribution is 2.34. The SMILES string of the molecule is CC(=O)Nc1ncc(CN2C[C@H](Oc3cc(OC4CC4C#N)ncn3)C[C@@H]2C)s1. The molecular formula is C19H22N6O3S. The third-order valence-electron chi connectivity index (χ3n) is 4.94. The average Bonchev–Trinajstić information content (AvgIpc) is 3.13. The predicted octanol–water partition coefficient (Wildman–Crippen LogP) is 2.22. The van der Waals surface area contributed by atoms with E-state index >= 15 is 0 Å². The number of nitriles is 1. The fourth-order valence-corrected chi connectivity index (χ4v) is 4.24. The third kappa shape index (κ3) is 4.99. The molecule has 4 rings (SSSR count). The highest BCUT2D eigenvalue weighted by Gasteiger charge is 2.40. The number of hydrogen-bond acceptors (Lipinski definition) is 9. The van der Waals surface area contributed by atoms with Gasteiger partial charge < -0.3 is 14.8 Å². The smallest absolute Gasteiger partial charge is 0.223 e. The fourth-order valence-electron chi connectivity index (χ4n) is 3.36. The molecule has 1 saturated heterocycles. The summed E-state index contributed by atoms with van der Waals surface area (Å²) in [4.78, 5) is 27.1. The number of hydrogen-bond donors (Lipinski definition) is 1. The number of amides is 1. The molecule has 152 valence electrons. The van der Waals surface area contributed by atoms with Gasteiger partial charge >= 0.3 is 0 Å². The van der Waals surface area contributed by atoms with Crippen molar-refractivity contribution in [2.45, 2.75) is 51.5 Å². The molecule has 0 spiro atoms. The zero-order valence-corrected chi connectivity index (χ0v) is 17.1. The van der Waals surface area contributed by atoms with E-state index in [1.165, 1.54) is 24.6 Å². The maximum absolute atomic E-state index is 11.1. The van der Waals surface area contributed by atoms with Crippen LogP contribution >= 0.6 is 11.3 Å². The lowest BCUT2D eigenvalue weighted by atomic mass is 10.2. The molecule has 1 aliphatic heterocycles. The molecule has 1 saturated carbocycles. The third-order valence-corrected chi connectivity index (χ3v) is 5.83. The van der Waals surface area contributed by atoms with Gasteiger partial charge in [-0.3, -0.25) is 9.69 Å². The monoisotopic (exact) mass is 414 g/mol. The first-order valence-corrected chi connectivity index (χ1v) is 10.3. The van der Waals surface area contributed by atoms with Gasteiger partial charge in [0, 0.05) is 50.0 Å². The van der Waals surface area contributed by atoms with Crippen molar-refractivity contribution in [3.8, 4) is 17.8 Å². The first-order chi connectivity index (χ1) is 14.0. The van der Waals surface area contributed by atoms with Gasteiger partial charge in [-0.05, 0) is 6.92 Å². The normalized spacial score (nSPS) is 26.0. The van der Waals surface area contributed by atoms with Gasteiger partial charge in [-0.2, -0.15) is 5.26 Å². The molecule has 2 aromatic heterocycles. The number of ether oxygens (including phenoxy) is 2. The predicted molar refractivity (Wildman–Crippen MR) is 105 cm³/mol. The van der Waals surface area contributed by atoms with Crippen LogP contribution in [0.3, 0.4) is 0 Å². The van der Waals surface area contributed by atoms with Crippen molar-refractivity contribution in [3.05, 3.63) is 23.5 Å². The van der Waals surface area contributed by atoms with Gasteiger partial charge in [0.2, 0.25) is 17.7 Å². The van der Waals surface area contributed by atoms with Gasteiger partial charge in [0.25, 0.3) is 0 Å². The van der Waals surface area contributed by atoms with Gasteiger partial charge in [-0.1, -0.05) is 0 Å². The summed E-state index contributed by atoms with van der Waals surface area (Å²) in [5.41, 5.74) is 0. The number of likely N-dealkylation sites (tertiary alicyclic amines) is 1. The van der Waals surface area contributed by atoms with Crippen LogP contribution in [0.1, 0.15) is 31.6 Å². The van der Waals surface area contributed by atoms with Crippen LogP contribution in [0, 0.1) is 17.2 Å². The quantitative estimate of drug-likeness (QED) is 0.734. The fraction of sp³-hybridized carbons (Fsp3) is 0.526. The molecule has 2 aliphatic rings. The molecule has 0 radical (unpaired) electrons. The van der Waals surface area contributed by atoms with E-state index in [2.05, 4.69) is 38.2 Å². The van der Waals surface area contributed by atoms with Crippen LogP contribution < -0.4 is 14.8 Å². The second kappa shape index (κ2) is 8.31. The molecule has 2 fully saturated rings. The number of thiazole rings is 1. The second-order valence-electron chi connectivity index (χ2n) is 7.39. The van der Waals surface area contributed by atoms with E-state index in [0.717, 1.165) is 30.8 Å². The van der Waals surface area contributed by atoms with Crippen molar-refractivity contribution < 1.29 is 14.3 Å². The second-order valence-corrected chi connectivity index (χ2v) is 8.50. The lowest BCUT2D eigenvalue weighted by Crippen LogP contribution is -2.27. The Balaban J connectivity index is 1.31. The van der Waals surface area contributed by atoms with Crippen LogP contribution in [0.5, 0.6) is 11.8 Å². The Hall–Kier alpha value is -2.77. The largest absolute Gasteiger partial charge is 0.473 e. The first-order valence-electron chi connectivity index (χ1n) is 9.51. The van der Waals surface area contributed by atoms with E-state index in [0.29, 0.717) is 22.9 Å². The Morgan fingerprint density at radius 3 is 2.86 bits per heavy atom. The van der Waals surface area contributed by atoms with Crippen LogP contribution in [0.15, 0.2) is 18.6 Å². The molecule has 9 nitrogen and oxygen atoms in total. The molecule has 0 bridgehead atoms. The number of carbonyl (C=O) groups is 1. The average molecular weight is 414 g/mol. The van der Waals surface area contributed by atoms with E-state index < -0.39 is 0 Å². The maximum Gasteiger partial charge on any atom is 0.223 e. The van der Waals surface area contributed by atoms with E-state index in [9.17, 15) is 4.79 Å². The molecule has 1 amide bonds. The van der Waals surface area contributed by atoms with Crippen LogP contribution in [0.25, 0.3) is 0 Å². The minimum Gasteiger partial charge on any atom is -0.473 e. The lowest BCUT2D eigenvalue weighted by molar-refractivity contribution is -0.114. The Kier molecular flexibility index (Phi) is 5.60. The van der Waals surface area contributed by atoms with Crippen molar-refractivity contribution in [2.75, 3.05) is 11.9 Å². The van der Waals surface area contributed by atoms with Crippen LogP contribution in [0.4, 0.5) is 5.13 Å². The highest BCUT2D eigenvalue weighted by atomic mass is 32.1. The summed E-state index contributed by atoms with van der Waals surface area (Å²) in [6, 6.07) is 4.23. The van der Waals surface area contributed by atoms with Crippen molar-refractivity contribution in [3.63, 3.8) is 0 Å². The number of rotatable bonds is 7. The standard InChI is InChI=1S/C19H22N6O3S/c1-11-3-14(8-25(11)9-15-7-21-19(29-15)24-12(2)26)27-17-5-18(23-10-22-17)28-16-4-13(16)6-20/h5,7,10-11,13-14,16H,3-4,8-9H2,1-2H3,(H,21,24,26)/t11-,13?,14+,16?/m0/s1. The minimum atomic E-state index is -0.119. The molecule has 10 heteroatoms. The summed E-state index contributed by atoms with van der Waals surface area (Å²) >= 11 is 1.49. The van der Waals surface area contributed by atoms with E-state index in [-0.39, 0.29) is 24.0 Å². The van der Waals surface area contributed by atoms with Gasteiger partial charge in [0.15, 0.2) is 5.13 Å². The molecule has 0 aromatic carbocycles. The number of nitrogens with zero attached hydrogens (tertiary/aromatic N) is 5. The Bertz CT molecular complexity index is 929. The molecule has 1 N–H and O–H groups in total. The van der Waals surface area contributed by atoms with Crippen LogP contribution in [-0.2, 0) is 11.3 Å². The van der Waals surface area contributed by atoms with Gasteiger partial charge in [0.05, 0.1) is 18.1 Å². The summed E-state index contributed by atoms with van der Waals surface area (Å²) in [7, 11) is 0. The zero-order valence-electron chi connectivity index (χ0n) is 16.2. The maximum atomic E-state index is 11.1. The van der Waals surface area contributed by atoms with Gasteiger partial charge in [0.1, 0.15) is 18.5 Å². The molecule has 4 atom stereocenters. The number of nitrogens with one attached hydrogen (secondary N) is 1. The minimum absolute atomic E-state index is 0.0169. The molecule has 2 unspecified atom stereocenters. The van der Waals surface area contributed by atoms with Crippen molar-refractivity contribution >= 4 is 22.4 Å². The van der Waals surface area contributed by atoms with Crippen LogP contribution in [-0.4, -0.2) is 50.6 Å². The lowest BCUT2D eigenvalue weighted by Gasteiger charge is -2.19. The van der Waals surface area contributed by atoms with E-state index in [4.69, 9.17) is 14.7 Å². The van der Waals surface area contributed by atoms with Crippen molar-refractivity contribution in [2.24, 2.45) is 5.92 Å². The van der Waals surface area contributed by atoms with E-state index in [1.807, 2.05) is 0 Å². The van der Waals surface area contributed by atoms with Crippen LogP contribution in [0.2, 0.25) is 0 Å². The summed E-state index contributed by atoms with van der Waals surface area (Å²) < 4.78 is 11.7. The van der Waals surface area contributed by atoms with Gasteiger partial charge in [-0.25, -0.2) is 15.0 Å². The summed E-state index contributed by atoms with van der Waals surface area (Å²) in [6.07, 6.45) is 4.79. The summed E-state index contributed by atoms with van der Waals surface area (Å²) in [5.74, 6) is 0.758. The molecule has 2 aromatic rings. The topological polar surface area (TPSA) is 113 Å². The molecule has 3 heterocycles.